The van der Waals surface area contributed by atoms with E-state index < -0.39 is 22.3 Å². The Balaban J connectivity index is 2.92. The van der Waals surface area contributed by atoms with E-state index in [-0.39, 0.29) is 17.1 Å². The molecule has 1 aromatic carbocycles. The number of ether oxygens (including phenoxy) is 1. The van der Waals surface area contributed by atoms with Crippen molar-refractivity contribution in [1.29, 1.82) is 0 Å². The fourth-order valence-corrected chi connectivity index (χ4v) is 1.20. The van der Waals surface area contributed by atoms with Crippen molar-refractivity contribution in [2.45, 2.75) is 0 Å². The lowest BCUT2D eigenvalue weighted by Gasteiger charge is -2.08. The van der Waals surface area contributed by atoms with Crippen molar-refractivity contribution in [2.75, 3.05) is 19.0 Å². The van der Waals surface area contributed by atoms with Crippen LogP contribution in [0.15, 0.2) is 18.2 Å². The van der Waals surface area contributed by atoms with Crippen LogP contribution >= 0.6 is 0 Å². The SMILES string of the molecule is COc1cc([N+](=O)[O-])ccc1NC(=O)C[N+](=O)[O-]. The number of nitrogens with zero attached hydrogens (tertiary/aromatic N) is 2. The summed E-state index contributed by atoms with van der Waals surface area (Å²) < 4.78 is 4.85. The van der Waals surface area contributed by atoms with Crippen LogP contribution in [0.3, 0.4) is 0 Å². The fourth-order valence-electron chi connectivity index (χ4n) is 1.20. The zero-order chi connectivity index (χ0) is 13.7. The third-order valence-electron chi connectivity index (χ3n) is 1.94. The van der Waals surface area contributed by atoms with E-state index in [1.807, 2.05) is 0 Å². The number of hydrogen-bond acceptors (Lipinski definition) is 6. The van der Waals surface area contributed by atoms with Gasteiger partial charge in [-0.2, -0.15) is 0 Å². The number of benzene rings is 1. The van der Waals surface area contributed by atoms with Gasteiger partial charge in [0, 0.05) is 11.0 Å². The van der Waals surface area contributed by atoms with Crippen LogP contribution in [0.5, 0.6) is 5.75 Å². The summed E-state index contributed by atoms with van der Waals surface area (Å²) >= 11 is 0. The number of methoxy groups -OCH3 is 1. The maximum absolute atomic E-state index is 11.2. The molecule has 0 aliphatic rings. The van der Waals surface area contributed by atoms with Gasteiger partial charge in [0.2, 0.25) is 0 Å². The molecule has 0 aliphatic heterocycles. The second-order valence-corrected chi connectivity index (χ2v) is 3.18. The topological polar surface area (TPSA) is 125 Å². The normalized spacial score (nSPS) is 9.61. The number of carbonyl (C=O) groups excluding carboxylic acids is 1. The maximum Gasteiger partial charge on any atom is 0.296 e. The van der Waals surface area contributed by atoms with Gasteiger partial charge in [0.15, 0.2) is 0 Å². The molecule has 0 fully saturated rings. The van der Waals surface area contributed by atoms with Gasteiger partial charge in [-0.05, 0) is 6.07 Å². The van der Waals surface area contributed by atoms with Gasteiger partial charge in [-0.3, -0.25) is 25.0 Å². The summed E-state index contributed by atoms with van der Waals surface area (Å²) in [4.78, 5) is 30.4. The van der Waals surface area contributed by atoms with E-state index in [2.05, 4.69) is 5.32 Å². The Hall–Kier alpha value is -2.71. The molecule has 1 N–H and O–H groups in total. The Morgan fingerprint density at radius 1 is 1.39 bits per heavy atom. The second kappa shape index (κ2) is 5.57. The predicted octanol–water partition coefficient (Wildman–Crippen LogP) is 0.819. The molecule has 0 radical (unpaired) electrons. The van der Waals surface area contributed by atoms with Crippen molar-refractivity contribution in [3.63, 3.8) is 0 Å². The minimum Gasteiger partial charge on any atom is -0.494 e. The van der Waals surface area contributed by atoms with E-state index >= 15 is 0 Å². The number of anilines is 1. The number of non-ortho nitro benzene ring substituents is 1. The van der Waals surface area contributed by atoms with Gasteiger partial charge in [0.1, 0.15) is 5.75 Å². The lowest BCUT2D eigenvalue weighted by Crippen LogP contribution is -2.21. The molecule has 0 aromatic heterocycles. The number of nitrogens with one attached hydrogen (secondary N) is 1. The average molecular weight is 255 g/mol. The molecule has 9 heteroatoms. The third kappa shape index (κ3) is 3.40. The van der Waals surface area contributed by atoms with Crippen molar-refractivity contribution in [3.05, 3.63) is 38.4 Å². The Bertz CT molecular complexity index is 501. The van der Waals surface area contributed by atoms with Gasteiger partial charge in [-0.15, -0.1) is 0 Å². The van der Waals surface area contributed by atoms with Crippen LogP contribution in [0.2, 0.25) is 0 Å². The highest BCUT2D eigenvalue weighted by Gasteiger charge is 2.15. The van der Waals surface area contributed by atoms with E-state index in [1.54, 1.807) is 0 Å². The summed E-state index contributed by atoms with van der Waals surface area (Å²) in [6.45, 7) is -0.889. The van der Waals surface area contributed by atoms with Crippen molar-refractivity contribution in [1.82, 2.24) is 0 Å². The highest BCUT2D eigenvalue weighted by Crippen LogP contribution is 2.28. The maximum atomic E-state index is 11.2. The summed E-state index contributed by atoms with van der Waals surface area (Å²) in [7, 11) is 1.27. The lowest BCUT2D eigenvalue weighted by atomic mass is 10.2. The van der Waals surface area contributed by atoms with Gasteiger partial charge < -0.3 is 10.1 Å². The van der Waals surface area contributed by atoms with E-state index in [1.165, 1.54) is 13.2 Å². The van der Waals surface area contributed by atoms with Crippen molar-refractivity contribution in [2.24, 2.45) is 0 Å². The first-order valence-electron chi connectivity index (χ1n) is 4.68. The average Bonchev–Trinajstić information content (AvgIpc) is 2.27. The largest absolute Gasteiger partial charge is 0.494 e. The fraction of sp³-hybridized carbons (Fsp3) is 0.222. The quantitative estimate of drug-likeness (QED) is 0.613. The van der Waals surface area contributed by atoms with E-state index in [9.17, 15) is 25.0 Å². The van der Waals surface area contributed by atoms with Crippen LogP contribution in [0, 0.1) is 20.2 Å². The molecule has 1 rings (SSSR count). The lowest BCUT2D eigenvalue weighted by molar-refractivity contribution is -0.467. The highest BCUT2D eigenvalue weighted by atomic mass is 16.6. The number of hydrogen-bond donors (Lipinski definition) is 1. The van der Waals surface area contributed by atoms with E-state index in [4.69, 9.17) is 4.74 Å². The van der Waals surface area contributed by atoms with Crippen molar-refractivity contribution < 1.29 is 19.4 Å². The van der Waals surface area contributed by atoms with Crippen LogP contribution in [-0.4, -0.2) is 29.4 Å². The Morgan fingerprint density at radius 2 is 2.06 bits per heavy atom. The van der Waals surface area contributed by atoms with Crippen LogP contribution in [0.25, 0.3) is 0 Å². The molecule has 0 saturated carbocycles. The first-order valence-corrected chi connectivity index (χ1v) is 4.68. The number of amides is 1. The first-order chi connectivity index (χ1) is 8.43. The highest BCUT2D eigenvalue weighted by molar-refractivity contribution is 5.93. The van der Waals surface area contributed by atoms with E-state index in [0.717, 1.165) is 12.1 Å². The van der Waals surface area contributed by atoms with Gasteiger partial charge >= 0.3 is 0 Å². The minimum absolute atomic E-state index is 0.0564. The second-order valence-electron chi connectivity index (χ2n) is 3.18. The van der Waals surface area contributed by atoms with Crippen LogP contribution in [0.1, 0.15) is 0 Å². The molecule has 1 aromatic rings. The third-order valence-corrected chi connectivity index (χ3v) is 1.94. The summed E-state index contributed by atoms with van der Waals surface area (Å²) in [5.41, 5.74) is -0.0749. The molecule has 9 nitrogen and oxygen atoms in total. The number of nitro benzene ring substituents is 1. The Labute approximate surface area is 101 Å². The molecule has 96 valence electrons. The molecule has 0 unspecified atom stereocenters. The molecular weight excluding hydrogens is 246 g/mol. The molecule has 0 bridgehead atoms. The summed E-state index contributed by atoms with van der Waals surface area (Å²) in [6, 6.07) is 3.51. The minimum atomic E-state index is -0.889. The predicted molar refractivity (Wildman–Crippen MR) is 60.1 cm³/mol. The summed E-state index contributed by atoms with van der Waals surface area (Å²) in [5, 5.41) is 22.9. The van der Waals surface area contributed by atoms with Gasteiger partial charge in [-0.1, -0.05) is 0 Å². The first kappa shape index (κ1) is 13.4. The molecular formula is C9H9N3O6. The zero-order valence-electron chi connectivity index (χ0n) is 9.28. The van der Waals surface area contributed by atoms with Crippen LogP contribution < -0.4 is 10.1 Å². The van der Waals surface area contributed by atoms with Gasteiger partial charge in [-0.25, -0.2) is 0 Å². The van der Waals surface area contributed by atoms with Crippen molar-refractivity contribution in [3.8, 4) is 5.75 Å². The number of nitro groups is 2. The summed E-state index contributed by atoms with van der Waals surface area (Å²) in [6.07, 6.45) is 0. The Kier molecular flexibility index (Phi) is 4.13. The molecule has 0 heterocycles. The molecule has 1 amide bonds. The standard InChI is InChI=1S/C9H9N3O6/c1-18-8-4-6(12(16)17)2-3-7(8)10-9(13)5-11(14)15/h2-4H,5H2,1H3,(H,10,13). The monoisotopic (exact) mass is 255 g/mol. The molecule has 0 spiro atoms. The zero-order valence-corrected chi connectivity index (χ0v) is 9.28. The number of carbonyl (C=O) groups is 1. The van der Waals surface area contributed by atoms with Gasteiger partial charge in [0.25, 0.3) is 18.1 Å². The summed E-state index contributed by atoms with van der Waals surface area (Å²) in [5.74, 6) is -0.784. The molecule has 0 atom stereocenters. The van der Waals surface area contributed by atoms with Crippen LogP contribution in [-0.2, 0) is 4.79 Å². The van der Waals surface area contributed by atoms with E-state index in [0.29, 0.717) is 0 Å². The van der Waals surface area contributed by atoms with Crippen molar-refractivity contribution >= 4 is 17.3 Å². The number of rotatable bonds is 5. The smallest absolute Gasteiger partial charge is 0.296 e. The Morgan fingerprint density at radius 3 is 2.56 bits per heavy atom. The molecule has 0 aliphatic carbocycles. The van der Waals surface area contributed by atoms with Gasteiger partial charge in [0.05, 0.1) is 23.8 Å². The van der Waals surface area contributed by atoms with Crippen LogP contribution in [0.4, 0.5) is 11.4 Å². The molecule has 18 heavy (non-hydrogen) atoms. The molecule has 0 saturated heterocycles.